The van der Waals surface area contributed by atoms with Gasteiger partial charge in [-0.2, -0.15) is 0 Å². The van der Waals surface area contributed by atoms with Crippen molar-refractivity contribution in [1.29, 1.82) is 0 Å². The number of hydrogen-bond donors (Lipinski definition) is 0. The van der Waals surface area contributed by atoms with Crippen LogP contribution in [0.15, 0.2) is 231 Å². The Morgan fingerprint density at radius 1 is 0.459 bits per heavy atom. The Morgan fingerprint density at radius 2 is 1.09 bits per heavy atom. The molecule has 0 bridgehead atoms. The summed E-state index contributed by atoms with van der Waals surface area (Å²) >= 11 is 0. The van der Waals surface area contributed by atoms with Gasteiger partial charge in [0.2, 0.25) is 0 Å². The second-order valence-corrected chi connectivity index (χ2v) is 22.7. The second kappa shape index (κ2) is 18.0. The van der Waals surface area contributed by atoms with Gasteiger partial charge in [-0.25, -0.2) is 0 Å². The molecule has 0 aliphatic heterocycles. The van der Waals surface area contributed by atoms with Crippen LogP contribution in [-0.4, -0.2) is 0 Å². The Labute approximate surface area is 438 Å². The molecule has 0 nitrogen and oxygen atoms in total. The van der Waals surface area contributed by atoms with E-state index in [4.69, 9.17) is 0 Å². The van der Waals surface area contributed by atoms with Crippen molar-refractivity contribution in [3.8, 4) is 33.4 Å². The molecule has 2 atom stereocenters. The van der Waals surface area contributed by atoms with Gasteiger partial charge in [-0.05, 0) is 173 Å². The van der Waals surface area contributed by atoms with Gasteiger partial charge in [-0.1, -0.05) is 252 Å². The first kappa shape index (κ1) is 46.0. The van der Waals surface area contributed by atoms with E-state index in [1.54, 1.807) is 11.1 Å². The van der Waals surface area contributed by atoms with E-state index in [0.717, 1.165) is 25.7 Å². The molecule has 0 heterocycles. The molecule has 5 aliphatic carbocycles. The molecule has 14 rings (SSSR count). The lowest BCUT2D eigenvalue weighted by molar-refractivity contribution is 0.378. The third-order valence-electron chi connectivity index (χ3n) is 17.8. The highest BCUT2D eigenvalue weighted by Gasteiger charge is 2.70. The minimum Gasteiger partial charge on any atom is -0.0807 e. The molecule has 1 spiro atoms. The first-order valence-corrected chi connectivity index (χ1v) is 27.1. The van der Waals surface area contributed by atoms with Crippen LogP contribution in [0.25, 0.3) is 71.6 Å². The number of aryl methyl sites for hydroxylation is 3. The Bertz CT molecular complexity index is 3840. The monoisotopic (exact) mass is 953 g/mol. The van der Waals surface area contributed by atoms with Crippen LogP contribution in [0.1, 0.15) is 97.0 Å². The van der Waals surface area contributed by atoms with E-state index in [1.807, 2.05) is 0 Å². The van der Waals surface area contributed by atoms with Crippen molar-refractivity contribution >= 4 is 38.3 Å². The Balaban J connectivity index is 0.000000192. The summed E-state index contributed by atoms with van der Waals surface area (Å²) in [6.07, 6.45) is 21.6. The molecule has 0 N–H and O–H groups in total. The van der Waals surface area contributed by atoms with Gasteiger partial charge in [0.1, 0.15) is 0 Å². The zero-order valence-electron chi connectivity index (χ0n) is 43.6. The zero-order valence-corrected chi connectivity index (χ0v) is 43.6. The molecule has 5 aliphatic rings. The number of rotatable bonds is 8. The summed E-state index contributed by atoms with van der Waals surface area (Å²) in [5.74, 6) is 0.564. The zero-order chi connectivity index (χ0) is 50.2. The first-order valence-electron chi connectivity index (χ1n) is 27.1. The molecule has 9 aromatic rings. The fourth-order valence-electron chi connectivity index (χ4n) is 13.7. The van der Waals surface area contributed by atoms with Crippen LogP contribution in [0.3, 0.4) is 0 Å². The maximum atomic E-state index is 2.56. The highest BCUT2D eigenvalue weighted by atomic mass is 14.7. The average molecular weight is 953 g/mol. The van der Waals surface area contributed by atoms with Crippen LogP contribution in [-0.2, 0) is 23.7 Å². The van der Waals surface area contributed by atoms with Crippen molar-refractivity contribution in [3.63, 3.8) is 0 Å². The summed E-state index contributed by atoms with van der Waals surface area (Å²) in [7, 11) is 0. The number of fused-ring (bicyclic) bond motifs is 8. The quantitative estimate of drug-likeness (QED) is 0.133. The van der Waals surface area contributed by atoms with Crippen LogP contribution >= 0.6 is 0 Å². The van der Waals surface area contributed by atoms with E-state index in [9.17, 15) is 0 Å². The molecule has 0 aromatic heterocycles. The molecular weight excluding hydrogens is 889 g/mol. The lowest BCUT2D eigenvalue weighted by atomic mass is 9.70. The minimum absolute atomic E-state index is 0.0670. The largest absolute Gasteiger partial charge is 0.0807 e. The third kappa shape index (κ3) is 7.64. The van der Waals surface area contributed by atoms with Gasteiger partial charge in [-0.15, -0.1) is 0 Å². The molecular formula is C74H64. The van der Waals surface area contributed by atoms with Crippen molar-refractivity contribution in [1.82, 2.24) is 0 Å². The molecule has 0 amide bonds. The highest BCUT2D eigenvalue weighted by Crippen LogP contribution is 2.78. The number of allylic oxidation sites excluding steroid dienone is 10. The summed E-state index contributed by atoms with van der Waals surface area (Å²) in [5.41, 5.74) is 25.5. The molecule has 0 radical (unpaired) electrons. The number of benzene rings is 9. The Kier molecular flexibility index (Phi) is 11.2. The molecule has 9 aromatic carbocycles. The summed E-state index contributed by atoms with van der Waals surface area (Å²) in [6.45, 7) is 11.9. The van der Waals surface area contributed by atoms with Crippen LogP contribution in [0.4, 0.5) is 0 Å². The predicted octanol–water partition coefficient (Wildman–Crippen LogP) is 19.5. The maximum absolute atomic E-state index is 2.56. The van der Waals surface area contributed by atoms with Crippen LogP contribution in [0, 0.1) is 18.3 Å². The molecule has 360 valence electrons. The van der Waals surface area contributed by atoms with E-state index in [-0.39, 0.29) is 16.2 Å². The van der Waals surface area contributed by atoms with E-state index >= 15 is 0 Å². The lowest BCUT2D eigenvalue weighted by Gasteiger charge is -2.32. The molecule has 2 unspecified atom stereocenters. The van der Waals surface area contributed by atoms with E-state index < -0.39 is 0 Å². The van der Waals surface area contributed by atoms with Crippen molar-refractivity contribution in [3.05, 3.63) is 281 Å². The van der Waals surface area contributed by atoms with Gasteiger partial charge >= 0.3 is 0 Å². The fraction of sp³-hybridized carbons (Fsp3) is 0.189. The summed E-state index contributed by atoms with van der Waals surface area (Å²) < 4.78 is 0. The standard InChI is InChI=1S/C51H42.C23H22/c1-50(2)48-31-35(12-10-11-34-19-22-37(23-20-34)36-13-4-3-5-14-36)21-28-45(48)47-30-29-42(49-33-51(47,49)50)38-24-26-39(27-25-38)46-32-40-15-6-7-16-41(40)43-17-8-9-18-44(43)46;1-16-10-12-19-20-13-11-18(17-8-6-4-5-7-9-17)15-22(20)23(2,3)21(19)14-16/h3-9,13-32,49H,10-12,33H2,1-2H3;4,6-15H,5H2,1-3H3. The van der Waals surface area contributed by atoms with Crippen molar-refractivity contribution in [2.45, 2.75) is 77.6 Å². The minimum atomic E-state index is 0.0670. The molecule has 0 saturated heterocycles. The molecule has 74 heavy (non-hydrogen) atoms. The normalized spacial score (nSPS) is 18.9. The van der Waals surface area contributed by atoms with Gasteiger partial charge in [0, 0.05) is 16.2 Å². The van der Waals surface area contributed by atoms with Gasteiger partial charge in [-0.3, -0.25) is 0 Å². The number of hydrogen-bond acceptors (Lipinski definition) is 0. The summed E-state index contributed by atoms with van der Waals surface area (Å²) in [5, 5.41) is 5.25. The predicted molar refractivity (Wildman–Crippen MR) is 316 cm³/mol. The first-order chi connectivity index (χ1) is 36.1. The highest BCUT2D eigenvalue weighted by molar-refractivity contribution is 6.13. The van der Waals surface area contributed by atoms with Crippen molar-refractivity contribution in [2.75, 3.05) is 0 Å². The van der Waals surface area contributed by atoms with Crippen LogP contribution < -0.4 is 0 Å². The van der Waals surface area contributed by atoms with Gasteiger partial charge < -0.3 is 0 Å². The smallest absolute Gasteiger partial charge is 0.0159 e. The average Bonchev–Trinajstić information content (AvgIpc) is 4.37. The Morgan fingerprint density at radius 3 is 1.91 bits per heavy atom. The van der Waals surface area contributed by atoms with E-state index in [1.165, 1.54) is 117 Å². The maximum Gasteiger partial charge on any atom is 0.0159 e. The molecule has 1 fully saturated rings. The van der Waals surface area contributed by atoms with E-state index in [2.05, 4.69) is 265 Å². The molecule has 1 saturated carbocycles. The van der Waals surface area contributed by atoms with E-state index in [0.29, 0.717) is 5.92 Å². The Hall–Kier alpha value is -7.80. The second-order valence-electron chi connectivity index (χ2n) is 22.7. The van der Waals surface area contributed by atoms with Gasteiger partial charge in [0.05, 0.1) is 0 Å². The van der Waals surface area contributed by atoms with Gasteiger partial charge in [0.15, 0.2) is 0 Å². The van der Waals surface area contributed by atoms with Crippen LogP contribution in [0.5, 0.6) is 0 Å². The summed E-state index contributed by atoms with van der Waals surface area (Å²) in [6, 6.07) is 70.4. The van der Waals surface area contributed by atoms with Crippen LogP contribution in [0.2, 0.25) is 0 Å². The van der Waals surface area contributed by atoms with Crippen molar-refractivity contribution < 1.29 is 0 Å². The molecule has 0 heteroatoms. The SMILES string of the molecule is CC1(C)c2cc(CCCc3ccc(-c4ccccc4)cc3)ccc2C2=CC=C(c3ccc(-c4cc5ccccc5c5ccccc45)cc3)C3CC231.Cc1ccc2c(c1)C(C)(C)c1cc(C3=CC=CCC=C3)ccc1-2. The van der Waals surface area contributed by atoms with Crippen molar-refractivity contribution in [2.24, 2.45) is 11.3 Å². The lowest BCUT2D eigenvalue weighted by Crippen LogP contribution is -2.28. The third-order valence-corrected chi connectivity index (χ3v) is 17.8. The fourth-order valence-corrected chi connectivity index (χ4v) is 13.7. The summed E-state index contributed by atoms with van der Waals surface area (Å²) in [4.78, 5) is 0. The topological polar surface area (TPSA) is 0 Å². The van der Waals surface area contributed by atoms with Gasteiger partial charge in [0.25, 0.3) is 0 Å².